The van der Waals surface area contributed by atoms with Gasteiger partial charge in [-0.2, -0.15) is 0 Å². The summed E-state index contributed by atoms with van der Waals surface area (Å²) in [6, 6.07) is 4.57. The number of nitrogens with one attached hydrogen (secondary N) is 1. The van der Waals surface area contributed by atoms with Gasteiger partial charge in [0.15, 0.2) is 0 Å². The molecule has 16 heavy (non-hydrogen) atoms. The number of hydrogen-bond donors (Lipinski definition) is 1. The first kappa shape index (κ1) is 11.3. The lowest BCUT2D eigenvalue weighted by atomic mass is 10.1. The molecule has 0 saturated carbocycles. The van der Waals surface area contributed by atoms with Gasteiger partial charge in [0.25, 0.3) is 0 Å². The molecule has 0 radical (unpaired) electrons. The van der Waals surface area contributed by atoms with E-state index in [2.05, 4.69) is 21.2 Å². The molecule has 1 N–H and O–H groups in total. The SMILES string of the molecule is O=C(Nc1ccc(Br)c(F)c1)C1CC=CC1. The molecule has 84 valence electrons. The van der Waals surface area contributed by atoms with E-state index in [1.165, 1.54) is 6.07 Å². The molecule has 0 spiro atoms. The standard InChI is InChI=1S/C12H11BrFNO/c13-10-6-5-9(7-11(10)14)15-12(16)8-3-1-2-4-8/h1-2,5-8H,3-4H2,(H,15,16). The van der Waals surface area contributed by atoms with Crippen LogP contribution in [0.3, 0.4) is 0 Å². The normalized spacial score (nSPS) is 15.4. The van der Waals surface area contributed by atoms with Crippen molar-refractivity contribution >= 4 is 27.5 Å². The second kappa shape index (κ2) is 4.78. The number of carbonyl (C=O) groups is 1. The average Bonchev–Trinajstić information content (AvgIpc) is 2.77. The highest BCUT2D eigenvalue weighted by atomic mass is 79.9. The predicted octanol–water partition coefficient (Wildman–Crippen LogP) is 3.49. The number of carbonyl (C=O) groups excluding carboxylic acids is 1. The largest absolute Gasteiger partial charge is 0.326 e. The van der Waals surface area contributed by atoms with Crippen molar-refractivity contribution in [2.75, 3.05) is 5.32 Å². The van der Waals surface area contributed by atoms with Crippen LogP contribution in [0, 0.1) is 11.7 Å². The lowest BCUT2D eigenvalue weighted by Crippen LogP contribution is -2.20. The fourth-order valence-corrected chi connectivity index (χ4v) is 1.90. The quantitative estimate of drug-likeness (QED) is 0.827. The zero-order chi connectivity index (χ0) is 11.5. The summed E-state index contributed by atoms with van der Waals surface area (Å²) >= 11 is 3.06. The number of halogens is 2. The second-order valence-corrected chi connectivity index (χ2v) is 4.61. The minimum atomic E-state index is -0.373. The molecule has 1 aromatic rings. The second-order valence-electron chi connectivity index (χ2n) is 3.76. The molecule has 0 atom stereocenters. The molecule has 2 rings (SSSR count). The van der Waals surface area contributed by atoms with E-state index in [0.29, 0.717) is 10.2 Å². The Labute approximate surface area is 102 Å². The third kappa shape index (κ3) is 2.50. The Morgan fingerprint density at radius 3 is 2.69 bits per heavy atom. The van der Waals surface area contributed by atoms with Crippen LogP contribution in [-0.2, 0) is 4.79 Å². The monoisotopic (exact) mass is 283 g/mol. The molecule has 0 aliphatic heterocycles. The van der Waals surface area contributed by atoms with E-state index in [1.54, 1.807) is 12.1 Å². The van der Waals surface area contributed by atoms with Gasteiger partial charge in [-0.05, 0) is 47.0 Å². The lowest BCUT2D eigenvalue weighted by Gasteiger charge is -2.10. The molecule has 0 fully saturated rings. The topological polar surface area (TPSA) is 29.1 Å². The summed E-state index contributed by atoms with van der Waals surface area (Å²) in [5.41, 5.74) is 0.498. The third-order valence-corrected chi connectivity index (χ3v) is 3.21. The van der Waals surface area contributed by atoms with Gasteiger partial charge >= 0.3 is 0 Å². The molecule has 0 bridgehead atoms. The summed E-state index contributed by atoms with van der Waals surface area (Å²) < 4.78 is 13.6. The zero-order valence-electron chi connectivity index (χ0n) is 8.54. The van der Waals surface area contributed by atoms with Gasteiger partial charge < -0.3 is 5.32 Å². The van der Waals surface area contributed by atoms with E-state index in [1.807, 2.05) is 12.2 Å². The summed E-state index contributed by atoms with van der Waals surface area (Å²) in [4.78, 5) is 11.7. The highest BCUT2D eigenvalue weighted by Crippen LogP contribution is 2.22. The Morgan fingerprint density at radius 2 is 2.06 bits per heavy atom. The molecule has 0 aromatic heterocycles. The van der Waals surface area contributed by atoms with Crippen molar-refractivity contribution in [1.29, 1.82) is 0 Å². The summed E-state index contributed by atoms with van der Waals surface area (Å²) in [6.45, 7) is 0. The predicted molar refractivity (Wildman–Crippen MR) is 64.6 cm³/mol. The fourth-order valence-electron chi connectivity index (χ4n) is 1.65. The Kier molecular flexibility index (Phi) is 3.39. The minimum absolute atomic E-state index is 0.00768. The molecule has 0 saturated heterocycles. The number of rotatable bonds is 2. The number of allylic oxidation sites excluding steroid dienone is 2. The van der Waals surface area contributed by atoms with Gasteiger partial charge in [0.2, 0.25) is 5.91 Å². The van der Waals surface area contributed by atoms with Crippen LogP contribution in [0.2, 0.25) is 0 Å². The van der Waals surface area contributed by atoms with Crippen molar-refractivity contribution in [2.45, 2.75) is 12.8 Å². The van der Waals surface area contributed by atoms with Crippen LogP contribution in [0.25, 0.3) is 0 Å². The summed E-state index contributed by atoms with van der Waals surface area (Å²) in [5, 5.41) is 2.71. The van der Waals surface area contributed by atoms with Crippen LogP contribution < -0.4 is 5.32 Å². The average molecular weight is 284 g/mol. The van der Waals surface area contributed by atoms with Crippen molar-refractivity contribution in [2.24, 2.45) is 5.92 Å². The van der Waals surface area contributed by atoms with Crippen molar-refractivity contribution in [3.05, 3.63) is 40.6 Å². The molecular weight excluding hydrogens is 273 g/mol. The van der Waals surface area contributed by atoms with Gasteiger partial charge in [0, 0.05) is 11.6 Å². The Balaban J connectivity index is 2.03. The van der Waals surface area contributed by atoms with E-state index in [0.717, 1.165) is 12.8 Å². The molecule has 1 aromatic carbocycles. The number of benzene rings is 1. The van der Waals surface area contributed by atoms with Gasteiger partial charge in [-0.15, -0.1) is 0 Å². The Bertz CT molecular complexity index is 437. The minimum Gasteiger partial charge on any atom is -0.326 e. The van der Waals surface area contributed by atoms with Crippen molar-refractivity contribution in [1.82, 2.24) is 0 Å². The van der Waals surface area contributed by atoms with Gasteiger partial charge in [-0.3, -0.25) is 4.79 Å². The van der Waals surface area contributed by atoms with Crippen molar-refractivity contribution in [3.63, 3.8) is 0 Å². The van der Waals surface area contributed by atoms with Gasteiger partial charge in [-0.1, -0.05) is 12.2 Å². The first-order valence-corrected chi connectivity index (χ1v) is 5.87. The van der Waals surface area contributed by atoms with Crippen molar-refractivity contribution in [3.8, 4) is 0 Å². The van der Waals surface area contributed by atoms with E-state index in [9.17, 15) is 9.18 Å². The highest BCUT2D eigenvalue weighted by molar-refractivity contribution is 9.10. The van der Waals surface area contributed by atoms with E-state index >= 15 is 0 Å². The Morgan fingerprint density at radius 1 is 1.38 bits per heavy atom. The number of amides is 1. The molecular formula is C12H11BrFNO. The van der Waals surface area contributed by atoms with Crippen LogP contribution in [0.4, 0.5) is 10.1 Å². The first-order valence-electron chi connectivity index (χ1n) is 5.08. The summed E-state index contributed by atoms with van der Waals surface area (Å²) in [6.07, 6.45) is 5.52. The first-order chi connectivity index (χ1) is 7.66. The van der Waals surface area contributed by atoms with Crippen molar-refractivity contribution < 1.29 is 9.18 Å². The maximum atomic E-state index is 13.2. The van der Waals surface area contributed by atoms with Crippen LogP contribution in [-0.4, -0.2) is 5.91 Å². The maximum Gasteiger partial charge on any atom is 0.228 e. The number of anilines is 1. The van der Waals surface area contributed by atoms with E-state index in [4.69, 9.17) is 0 Å². The summed E-state index contributed by atoms with van der Waals surface area (Å²) in [7, 11) is 0. The van der Waals surface area contributed by atoms with E-state index < -0.39 is 0 Å². The fraction of sp³-hybridized carbons (Fsp3) is 0.250. The molecule has 4 heteroatoms. The van der Waals surface area contributed by atoms with Crippen LogP contribution >= 0.6 is 15.9 Å². The molecule has 1 amide bonds. The third-order valence-electron chi connectivity index (χ3n) is 2.57. The maximum absolute atomic E-state index is 13.2. The van der Waals surface area contributed by atoms with Gasteiger partial charge in [0.1, 0.15) is 5.82 Å². The van der Waals surface area contributed by atoms with Crippen LogP contribution in [0.15, 0.2) is 34.8 Å². The van der Waals surface area contributed by atoms with Crippen LogP contribution in [0.1, 0.15) is 12.8 Å². The van der Waals surface area contributed by atoms with E-state index in [-0.39, 0.29) is 17.6 Å². The molecule has 2 nitrogen and oxygen atoms in total. The highest BCUT2D eigenvalue weighted by Gasteiger charge is 2.19. The smallest absolute Gasteiger partial charge is 0.228 e. The van der Waals surface area contributed by atoms with Gasteiger partial charge in [0.05, 0.1) is 4.47 Å². The zero-order valence-corrected chi connectivity index (χ0v) is 10.1. The summed E-state index contributed by atoms with van der Waals surface area (Å²) in [5.74, 6) is -0.430. The lowest BCUT2D eigenvalue weighted by molar-refractivity contribution is -0.119. The van der Waals surface area contributed by atoms with Crippen LogP contribution in [0.5, 0.6) is 0 Å². The molecule has 1 aliphatic carbocycles. The molecule has 1 aliphatic rings. The molecule has 0 unspecified atom stereocenters. The number of hydrogen-bond acceptors (Lipinski definition) is 1. The van der Waals surface area contributed by atoms with Gasteiger partial charge in [-0.25, -0.2) is 4.39 Å². The molecule has 0 heterocycles. The Hall–Kier alpha value is -1.16.